The van der Waals surface area contributed by atoms with E-state index < -0.39 is 0 Å². The number of hydrogen-bond donors (Lipinski definition) is 1. The van der Waals surface area contributed by atoms with Gasteiger partial charge in [0.2, 0.25) is 0 Å². The van der Waals surface area contributed by atoms with Crippen molar-refractivity contribution < 1.29 is 4.39 Å². The Morgan fingerprint density at radius 1 is 1.39 bits per heavy atom. The molecule has 1 fully saturated rings. The summed E-state index contributed by atoms with van der Waals surface area (Å²) in [7, 11) is 0. The fourth-order valence-corrected chi connectivity index (χ4v) is 3.42. The summed E-state index contributed by atoms with van der Waals surface area (Å²) in [4.78, 5) is 0. The Morgan fingerprint density at radius 2 is 2.11 bits per heavy atom. The Hall–Kier alpha value is -0.600. The second-order valence-corrected chi connectivity index (χ2v) is 6.44. The van der Waals surface area contributed by atoms with Crippen molar-refractivity contribution in [1.82, 2.24) is 0 Å². The molecule has 2 unspecified atom stereocenters. The minimum absolute atomic E-state index is 0.177. The molecule has 0 aromatic heterocycles. The topological polar surface area (TPSA) is 26.0 Å². The molecule has 0 aliphatic heterocycles. The van der Waals surface area contributed by atoms with Gasteiger partial charge in [-0.1, -0.05) is 38.3 Å². The molecule has 18 heavy (non-hydrogen) atoms. The van der Waals surface area contributed by atoms with Gasteiger partial charge < -0.3 is 5.73 Å². The third-order valence-electron chi connectivity index (χ3n) is 4.34. The molecule has 0 heterocycles. The zero-order chi connectivity index (χ0) is 13.3. The van der Waals surface area contributed by atoms with E-state index in [0.717, 1.165) is 12.0 Å². The third-order valence-corrected chi connectivity index (χ3v) is 4.68. The van der Waals surface area contributed by atoms with E-state index >= 15 is 0 Å². The van der Waals surface area contributed by atoms with Gasteiger partial charge in [-0.05, 0) is 47.9 Å². The first-order valence-electron chi connectivity index (χ1n) is 6.62. The van der Waals surface area contributed by atoms with Crippen molar-refractivity contribution in [2.75, 3.05) is 0 Å². The number of nitrogens with two attached hydrogens (primary N) is 1. The number of halogens is 2. The summed E-state index contributed by atoms with van der Waals surface area (Å²) in [6.45, 7) is 4.51. The Kier molecular flexibility index (Phi) is 3.98. The van der Waals surface area contributed by atoms with Gasteiger partial charge in [0.1, 0.15) is 5.82 Å². The monoisotopic (exact) mass is 269 g/mol. The molecule has 1 saturated carbocycles. The molecule has 0 saturated heterocycles. The van der Waals surface area contributed by atoms with Crippen LogP contribution in [0.5, 0.6) is 0 Å². The zero-order valence-corrected chi connectivity index (χ0v) is 11.8. The van der Waals surface area contributed by atoms with Crippen LogP contribution < -0.4 is 5.73 Å². The minimum Gasteiger partial charge on any atom is -0.324 e. The molecule has 1 aromatic rings. The molecule has 2 atom stereocenters. The largest absolute Gasteiger partial charge is 0.324 e. The van der Waals surface area contributed by atoms with Gasteiger partial charge in [0, 0.05) is 11.1 Å². The van der Waals surface area contributed by atoms with Crippen LogP contribution in [-0.2, 0) is 0 Å². The van der Waals surface area contributed by atoms with Gasteiger partial charge >= 0.3 is 0 Å². The van der Waals surface area contributed by atoms with Crippen LogP contribution in [0.4, 0.5) is 4.39 Å². The molecule has 0 bridgehead atoms. The molecular formula is C15H21ClFN. The quantitative estimate of drug-likeness (QED) is 0.828. The van der Waals surface area contributed by atoms with Crippen molar-refractivity contribution in [3.05, 3.63) is 34.6 Å². The Bertz CT molecular complexity index is 431. The average Bonchev–Trinajstić information content (AvgIpc) is 2.31. The molecule has 2 N–H and O–H groups in total. The lowest BCUT2D eigenvalue weighted by Crippen LogP contribution is -2.36. The van der Waals surface area contributed by atoms with Crippen LogP contribution in [0.2, 0.25) is 5.02 Å². The van der Waals surface area contributed by atoms with E-state index in [1.54, 1.807) is 6.07 Å². The Labute approximate surface area is 114 Å². The van der Waals surface area contributed by atoms with Crippen molar-refractivity contribution in [3.8, 4) is 0 Å². The van der Waals surface area contributed by atoms with Gasteiger partial charge in [0.25, 0.3) is 0 Å². The predicted octanol–water partition coefficient (Wildman–Crippen LogP) is 4.70. The molecule has 1 aliphatic carbocycles. The van der Waals surface area contributed by atoms with Crippen LogP contribution in [0.3, 0.4) is 0 Å². The summed E-state index contributed by atoms with van der Waals surface area (Å²) >= 11 is 6.16. The van der Waals surface area contributed by atoms with Crippen LogP contribution in [0.1, 0.15) is 51.1 Å². The van der Waals surface area contributed by atoms with E-state index in [0.29, 0.717) is 10.9 Å². The Morgan fingerprint density at radius 3 is 2.78 bits per heavy atom. The maximum absolute atomic E-state index is 13.4. The second-order valence-electron chi connectivity index (χ2n) is 6.03. The lowest BCUT2D eigenvalue weighted by Gasteiger charge is -2.42. The van der Waals surface area contributed by atoms with E-state index in [1.165, 1.54) is 31.4 Å². The molecule has 0 spiro atoms. The minimum atomic E-state index is -0.265. The van der Waals surface area contributed by atoms with E-state index in [2.05, 4.69) is 13.8 Å². The van der Waals surface area contributed by atoms with Crippen molar-refractivity contribution in [2.45, 2.75) is 45.6 Å². The third kappa shape index (κ3) is 2.70. The van der Waals surface area contributed by atoms with Crippen LogP contribution in [0, 0.1) is 17.2 Å². The zero-order valence-electron chi connectivity index (χ0n) is 11.0. The number of hydrogen-bond acceptors (Lipinski definition) is 1. The molecule has 2 rings (SSSR count). The molecule has 1 aromatic carbocycles. The first-order chi connectivity index (χ1) is 8.42. The standard InChI is InChI=1S/C15H21ClFN/c1-15(2)8-4-3-5-12(15)14(18)11-9-10(17)6-7-13(11)16/h6-7,9,12,14H,3-5,8,18H2,1-2H3. The molecule has 1 nitrogen and oxygen atoms in total. The fraction of sp³-hybridized carbons (Fsp3) is 0.600. The smallest absolute Gasteiger partial charge is 0.123 e. The molecule has 0 amide bonds. The van der Waals surface area contributed by atoms with Gasteiger partial charge in [0.05, 0.1) is 0 Å². The van der Waals surface area contributed by atoms with Gasteiger partial charge in [-0.25, -0.2) is 4.39 Å². The van der Waals surface area contributed by atoms with Crippen LogP contribution in [-0.4, -0.2) is 0 Å². The lowest BCUT2D eigenvalue weighted by atomic mass is 9.65. The van der Waals surface area contributed by atoms with Crippen molar-refractivity contribution in [2.24, 2.45) is 17.1 Å². The van der Waals surface area contributed by atoms with Gasteiger partial charge in [-0.2, -0.15) is 0 Å². The lowest BCUT2D eigenvalue weighted by molar-refractivity contribution is 0.112. The van der Waals surface area contributed by atoms with Gasteiger partial charge in [-0.15, -0.1) is 0 Å². The van der Waals surface area contributed by atoms with Crippen LogP contribution >= 0.6 is 11.6 Å². The highest BCUT2D eigenvalue weighted by Gasteiger charge is 2.37. The SMILES string of the molecule is CC1(C)CCCCC1C(N)c1cc(F)ccc1Cl. The highest BCUT2D eigenvalue weighted by atomic mass is 35.5. The summed E-state index contributed by atoms with van der Waals surface area (Å²) in [5.41, 5.74) is 7.31. The second kappa shape index (κ2) is 5.18. The first kappa shape index (κ1) is 13.8. The summed E-state index contributed by atoms with van der Waals surface area (Å²) in [6.07, 6.45) is 4.74. The van der Waals surface area contributed by atoms with E-state index in [4.69, 9.17) is 17.3 Å². The van der Waals surface area contributed by atoms with Gasteiger partial charge in [-0.3, -0.25) is 0 Å². The van der Waals surface area contributed by atoms with Crippen LogP contribution in [0.25, 0.3) is 0 Å². The summed E-state index contributed by atoms with van der Waals surface area (Å²) in [5.74, 6) is 0.101. The highest BCUT2D eigenvalue weighted by Crippen LogP contribution is 2.46. The predicted molar refractivity (Wildman–Crippen MR) is 74.1 cm³/mol. The molecule has 0 radical (unpaired) electrons. The maximum Gasteiger partial charge on any atom is 0.123 e. The van der Waals surface area contributed by atoms with E-state index in [-0.39, 0.29) is 17.3 Å². The van der Waals surface area contributed by atoms with Gasteiger partial charge in [0.15, 0.2) is 0 Å². The molecule has 3 heteroatoms. The first-order valence-corrected chi connectivity index (χ1v) is 7.00. The van der Waals surface area contributed by atoms with Crippen molar-refractivity contribution in [1.29, 1.82) is 0 Å². The van der Waals surface area contributed by atoms with E-state index in [1.807, 2.05) is 0 Å². The summed E-state index contributed by atoms with van der Waals surface area (Å²) in [6, 6.07) is 4.29. The van der Waals surface area contributed by atoms with Crippen molar-refractivity contribution >= 4 is 11.6 Å². The Balaban J connectivity index is 2.29. The van der Waals surface area contributed by atoms with Crippen molar-refractivity contribution in [3.63, 3.8) is 0 Å². The number of benzene rings is 1. The normalized spacial score (nSPS) is 24.8. The highest BCUT2D eigenvalue weighted by molar-refractivity contribution is 6.31. The molecular weight excluding hydrogens is 249 g/mol. The maximum atomic E-state index is 13.4. The molecule has 100 valence electrons. The fourth-order valence-electron chi connectivity index (χ4n) is 3.17. The summed E-state index contributed by atoms with van der Waals surface area (Å²) < 4.78 is 13.4. The van der Waals surface area contributed by atoms with E-state index in [9.17, 15) is 4.39 Å². The average molecular weight is 270 g/mol. The molecule has 1 aliphatic rings. The number of rotatable bonds is 2. The van der Waals surface area contributed by atoms with Crippen LogP contribution in [0.15, 0.2) is 18.2 Å². The summed E-state index contributed by atoms with van der Waals surface area (Å²) in [5, 5.41) is 0.574.